The van der Waals surface area contributed by atoms with Crippen LogP contribution in [0, 0.1) is 0 Å². The van der Waals surface area contributed by atoms with Gasteiger partial charge < -0.3 is 5.73 Å². The van der Waals surface area contributed by atoms with Crippen LogP contribution in [0.2, 0.25) is 0 Å². The number of hydrogen-bond acceptors (Lipinski definition) is 4. The smallest absolute Gasteiger partial charge is 0.270 e. The van der Waals surface area contributed by atoms with Crippen molar-refractivity contribution >= 4 is 63.5 Å². The molecule has 0 saturated carbocycles. The van der Waals surface area contributed by atoms with E-state index in [1.165, 1.54) is 4.90 Å². The molecule has 0 aliphatic carbocycles. The quantitative estimate of drug-likeness (QED) is 0.613. The van der Waals surface area contributed by atoms with Crippen LogP contribution in [0.5, 0.6) is 0 Å². The molecule has 0 unspecified atom stereocenters. The predicted octanol–water partition coefficient (Wildman–Crippen LogP) is 4.31. The van der Waals surface area contributed by atoms with Crippen LogP contribution in [0.1, 0.15) is 15.9 Å². The highest BCUT2D eigenvalue weighted by molar-refractivity contribution is 8.27. The van der Waals surface area contributed by atoms with Crippen molar-refractivity contribution in [1.29, 1.82) is 0 Å². The number of nitrogens with two attached hydrogens (primary N) is 1. The molecular weight excluding hydrogens is 388 g/mol. The third-order valence-electron chi connectivity index (χ3n) is 3.58. The average molecular weight is 401 g/mol. The fraction of sp³-hybridized carbons (Fsp3) is 0. The highest BCUT2D eigenvalue weighted by Gasteiger charge is 2.35. The molecule has 4 nitrogen and oxygen atoms in total. The molecule has 2 aromatic carbocycles. The van der Waals surface area contributed by atoms with Crippen molar-refractivity contribution in [2.45, 2.75) is 0 Å². The second-order valence-electron chi connectivity index (χ2n) is 5.34. The number of benzene rings is 2. The number of nitrogens with zero attached hydrogens (tertiary/aromatic N) is 1. The monoisotopic (exact) mass is 400 g/mol. The first-order chi connectivity index (χ1) is 12.5. The molecule has 3 rings (SSSR count). The molecule has 1 aliphatic rings. The number of primary amides is 1. The second-order valence-corrected chi connectivity index (χ2v) is 7.45. The Hall–Kier alpha value is -2.41. The van der Waals surface area contributed by atoms with Crippen molar-refractivity contribution < 1.29 is 9.59 Å². The molecule has 0 aromatic heterocycles. The van der Waals surface area contributed by atoms with Crippen molar-refractivity contribution in [3.63, 3.8) is 0 Å². The number of para-hydroxylation sites is 1. The van der Waals surface area contributed by atoms with Crippen molar-refractivity contribution in [1.82, 2.24) is 0 Å². The predicted molar refractivity (Wildman–Crippen MR) is 111 cm³/mol. The molecule has 2 amide bonds. The Morgan fingerprint density at radius 3 is 2.46 bits per heavy atom. The largest absolute Gasteiger partial charge is 0.366 e. The highest BCUT2D eigenvalue weighted by Crippen LogP contribution is 2.37. The summed E-state index contributed by atoms with van der Waals surface area (Å²) >= 11 is 12.7. The first-order valence-electron chi connectivity index (χ1n) is 7.56. The van der Waals surface area contributed by atoms with Crippen molar-refractivity contribution in [2.75, 3.05) is 4.90 Å². The van der Waals surface area contributed by atoms with E-state index in [2.05, 4.69) is 0 Å². The highest BCUT2D eigenvalue weighted by atomic mass is 35.5. The molecular formula is C19H13ClN2O2S2. The Bertz CT molecular complexity index is 955. The van der Waals surface area contributed by atoms with Crippen LogP contribution in [-0.4, -0.2) is 16.1 Å². The van der Waals surface area contributed by atoms with Gasteiger partial charge in [0.1, 0.15) is 0 Å². The van der Waals surface area contributed by atoms with Gasteiger partial charge in [0.2, 0.25) is 0 Å². The van der Waals surface area contributed by atoms with Gasteiger partial charge in [-0.15, -0.1) is 0 Å². The lowest BCUT2D eigenvalue weighted by Gasteiger charge is -2.17. The van der Waals surface area contributed by atoms with Gasteiger partial charge in [-0.05, 0) is 29.8 Å². The number of rotatable bonds is 4. The summed E-state index contributed by atoms with van der Waals surface area (Å²) in [7, 11) is 0. The summed E-state index contributed by atoms with van der Waals surface area (Å²) in [4.78, 5) is 26.1. The third kappa shape index (κ3) is 3.88. The molecule has 0 bridgehead atoms. The molecule has 26 heavy (non-hydrogen) atoms. The van der Waals surface area contributed by atoms with E-state index < -0.39 is 5.91 Å². The lowest BCUT2D eigenvalue weighted by molar-refractivity contribution is -0.113. The zero-order valence-electron chi connectivity index (χ0n) is 13.4. The van der Waals surface area contributed by atoms with Crippen molar-refractivity contribution in [2.24, 2.45) is 5.73 Å². The molecule has 2 aromatic rings. The molecule has 0 atom stereocenters. The van der Waals surface area contributed by atoms with Crippen LogP contribution in [0.3, 0.4) is 0 Å². The number of amides is 2. The maximum absolute atomic E-state index is 12.8. The number of hydrogen-bond donors (Lipinski definition) is 1. The van der Waals surface area contributed by atoms with E-state index in [-0.39, 0.29) is 11.5 Å². The number of carbonyl (C=O) groups is 2. The van der Waals surface area contributed by atoms with E-state index in [0.29, 0.717) is 19.9 Å². The van der Waals surface area contributed by atoms with E-state index in [0.717, 1.165) is 17.3 Å². The van der Waals surface area contributed by atoms with E-state index in [4.69, 9.17) is 29.6 Å². The Morgan fingerprint density at radius 2 is 1.77 bits per heavy atom. The summed E-state index contributed by atoms with van der Waals surface area (Å²) in [6.45, 7) is 0. The number of thioether (sulfide) groups is 1. The van der Waals surface area contributed by atoms with Crippen LogP contribution in [0.15, 0.2) is 70.6 Å². The molecule has 2 N–H and O–H groups in total. The normalized spacial score (nSPS) is 16.4. The van der Waals surface area contributed by atoms with Crippen LogP contribution in [-0.2, 0) is 4.79 Å². The minimum absolute atomic E-state index is 0.232. The van der Waals surface area contributed by atoms with Gasteiger partial charge in [0.15, 0.2) is 4.32 Å². The molecule has 130 valence electrons. The van der Waals surface area contributed by atoms with Crippen LogP contribution in [0.25, 0.3) is 6.08 Å². The maximum Gasteiger partial charge on any atom is 0.270 e. The van der Waals surface area contributed by atoms with E-state index in [1.807, 2.05) is 30.3 Å². The van der Waals surface area contributed by atoms with E-state index in [1.54, 1.807) is 36.4 Å². The minimum Gasteiger partial charge on any atom is -0.366 e. The van der Waals surface area contributed by atoms with Gasteiger partial charge in [0.25, 0.3) is 11.8 Å². The third-order valence-corrected chi connectivity index (χ3v) is 5.10. The molecule has 0 spiro atoms. The van der Waals surface area contributed by atoms with E-state index in [9.17, 15) is 9.59 Å². The zero-order valence-corrected chi connectivity index (χ0v) is 15.8. The Balaban J connectivity index is 1.93. The zero-order chi connectivity index (χ0) is 18.7. The van der Waals surface area contributed by atoms with E-state index >= 15 is 0 Å². The number of thiocarbonyl (C=S) groups is 1. The Kier molecular flexibility index (Phi) is 5.56. The molecule has 0 radical (unpaired) electrons. The number of anilines is 1. The van der Waals surface area contributed by atoms with Gasteiger partial charge in [0.05, 0.1) is 16.2 Å². The SMILES string of the molecule is NC(=O)c1ccccc1N1C(=O)/C(=C/C(Cl)=C/c2ccccc2)SC1=S. The summed E-state index contributed by atoms with van der Waals surface area (Å²) in [5.74, 6) is -0.964. The Morgan fingerprint density at radius 1 is 1.12 bits per heavy atom. The maximum atomic E-state index is 12.8. The topological polar surface area (TPSA) is 63.4 Å². The summed E-state index contributed by atoms with van der Waals surface area (Å²) in [6.07, 6.45) is 3.33. The fourth-order valence-corrected chi connectivity index (χ4v) is 4.00. The standard InChI is InChI=1S/C19H13ClN2O2S2/c20-13(10-12-6-2-1-3-7-12)11-16-18(24)22(19(25)26-16)15-9-5-4-8-14(15)17(21)23/h1-11H,(H2,21,23)/b13-10-,16-11-. The number of halogens is 1. The van der Waals surface area contributed by atoms with Gasteiger partial charge in [-0.25, -0.2) is 0 Å². The summed E-state index contributed by atoms with van der Waals surface area (Å²) in [6, 6.07) is 16.1. The minimum atomic E-state index is -0.624. The van der Waals surface area contributed by atoms with Crippen LogP contribution < -0.4 is 10.6 Å². The van der Waals surface area contributed by atoms with Crippen LogP contribution in [0.4, 0.5) is 5.69 Å². The summed E-state index contributed by atoms with van der Waals surface area (Å²) in [5.41, 5.74) is 6.92. The number of carbonyl (C=O) groups excluding carboxylic acids is 2. The number of allylic oxidation sites excluding steroid dienone is 2. The van der Waals surface area contributed by atoms with Gasteiger partial charge >= 0.3 is 0 Å². The molecule has 1 saturated heterocycles. The molecule has 7 heteroatoms. The molecule has 1 fully saturated rings. The average Bonchev–Trinajstić information content (AvgIpc) is 2.89. The first kappa shape index (κ1) is 18.4. The molecule has 1 heterocycles. The summed E-state index contributed by atoms with van der Waals surface area (Å²) < 4.78 is 0.319. The molecule has 1 aliphatic heterocycles. The summed E-state index contributed by atoms with van der Waals surface area (Å²) in [5, 5.41) is 0.403. The fourth-order valence-electron chi connectivity index (χ4n) is 2.43. The van der Waals surface area contributed by atoms with Gasteiger partial charge in [-0.3, -0.25) is 14.5 Å². The lowest BCUT2D eigenvalue weighted by Crippen LogP contribution is -2.30. The van der Waals surface area contributed by atoms with Crippen molar-refractivity contribution in [3.8, 4) is 0 Å². The Labute approximate surface area is 165 Å². The first-order valence-corrected chi connectivity index (χ1v) is 9.16. The lowest BCUT2D eigenvalue weighted by atomic mass is 10.1. The second kappa shape index (κ2) is 7.86. The van der Waals surface area contributed by atoms with Gasteiger partial charge in [0, 0.05) is 5.03 Å². The van der Waals surface area contributed by atoms with Gasteiger partial charge in [-0.1, -0.05) is 78.0 Å². The van der Waals surface area contributed by atoms with Gasteiger partial charge in [-0.2, -0.15) is 0 Å². The van der Waals surface area contributed by atoms with Crippen LogP contribution >= 0.6 is 35.6 Å². The van der Waals surface area contributed by atoms with Crippen molar-refractivity contribution in [3.05, 3.63) is 81.7 Å².